The summed E-state index contributed by atoms with van der Waals surface area (Å²) in [5.41, 5.74) is 1.44. The van der Waals surface area contributed by atoms with Crippen LogP contribution in [0.2, 0.25) is 0 Å². The van der Waals surface area contributed by atoms with Crippen LogP contribution >= 0.6 is 27.7 Å². The maximum Gasteiger partial charge on any atom is 0.234 e. The van der Waals surface area contributed by atoms with Crippen LogP contribution < -0.4 is 5.32 Å². The van der Waals surface area contributed by atoms with Crippen molar-refractivity contribution in [3.05, 3.63) is 47.2 Å². The Morgan fingerprint density at radius 2 is 2.24 bits per heavy atom. The Bertz CT molecular complexity index is 791. The minimum Gasteiger partial charge on any atom is -0.325 e. The van der Waals surface area contributed by atoms with Gasteiger partial charge >= 0.3 is 0 Å². The molecular weight excluding hydrogens is 354 g/mol. The molecule has 0 fully saturated rings. The predicted octanol–water partition coefficient (Wildman–Crippen LogP) is 2.62. The quantitative estimate of drug-likeness (QED) is 0.721. The zero-order valence-electron chi connectivity index (χ0n) is 10.7. The first-order chi connectivity index (χ1) is 10.2. The summed E-state index contributed by atoms with van der Waals surface area (Å²) >= 11 is 4.72. The molecule has 21 heavy (non-hydrogen) atoms. The molecule has 0 aliphatic heterocycles. The van der Waals surface area contributed by atoms with Gasteiger partial charge in [-0.25, -0.2) is 0 Å². The highest BCUT2D eigenvalue weighted by molar-refractivity contribution is 9.10. The van der Waals surface area contributed by atoms with Crippen LogP contribution in [0.4, 0.5) is 5.69 Å². The second kappa shape index (κ2) is 6.23. The smallest absolute Gasteiger partial charge is 0.234 e. The Morgan fingerprint density at radius 3 is 3.10 bits per heavy atom. The number of fused-ring (bicyclic) bond motifs is 1. The van der Waals surface area contributed by atoms with E-state index in [-0.39, 0.29) is 11.7 Å². The minimum atomic E-state index is -0.0799. The number of carbonyl (C=O) groups excluding carboxylic acids is 1. The molecule has 1 N–H and O–H groups in total. The van der Waals surface area contributed by atoms with E-state index < -0.39 is 0 Å². The second-order valence-corrected chi connectivity index (χ2v) is 6.06. The lowest BCUT2D eigenvalue weighted by Crippen LogP contribution is -2.14. The van der Waals surface area contributed by atoms with Gasteiger partial charge in [-0.05, 0) is 30.3 Å². The number of benzene rings is 1. The minimum absolute atomic E-state index is 0.0799. The number of nitrogens with one attached hydrogen (secondary N) is 1. The van der Waals surface area contributed by atoms with E-state index in [2.05, 4.69) is 36.5 Å². The average molecular weight is 364 g/mol. The zero-order valence-corrected chi connectivity index (χ0v) is 13.1. The number of aromatic nitrogens is 4. The van der Waals surface area contributed by atoms with Crippen molar-refractivity contribution in [3.63, 3.8) is 0 Å². The van der Waals surface area contributed by atoms with E-state index in [0.29, 0.717) is 5.65 Å². The van der Waals surface area contributed by atoms with Gasteiger partial charge in [0.1, 0.15) is 11.4 Å². The number of rotatable bonds is 4. The summed E-state index contributed by atoms with van der Waals surface area (Å²) in [6, 6.07) is 11.1. The predicted molar refractivity (Wildman–Crippen MR) is 84.3 cm³/mol. The molecule has 1 amide bonds. The standard InChI is InChI=1S/C13H10BrN5OS/c14-9-2-1-3-10(6-9)16-12(20)7-21-13-5-4-11-17-15-8-19(11)18-13/h1-6,8H,7H2,(H,16,20). The summed E-state index contributed by atoms with van der Waals surface area (Å²) in [5, 5.41) is 15.5. The van der Waals surface area contributed by atoms with Crippen LogP contribution in [0.1, 0.15) is 0 Å². The number of carbonyl (C=O) groups is 1. The highest BCUT2D eigenvalue weighted by Gasteiger charge is 2.06. The fourth-order valence-electron chi connectivity index (χ4n) is 1.69. The van der Waals surface area contributed by atoms with Gasteiger partial charge in [0.15, 0.2) is 5.65 Å². The molecule has 0 saturated carbocycles. The lowest BCUT2D eigenvalue weighted by molar-refractivity contribution is -0.113. The maximum atomic E-state index is 11.9. The molecule has 1 aromatic carbocycles. The van der Waals surface area contributed by atoms with Crippen molar-refractivity contribution in [1.29, 1.82) is 0 Å². The van der Waals surface area contributed by atoms with E-state index in [0.717, 1.165) is 15.2 Å². The van der Waals surface area contributed by atoms with Gasteiger partial charge in [-0.1, -0.05) is 33.8 Å². The molecular formula is C13H10BrN5OS. The van der Waals surface area contributed by atoms with E-state index in [1.165, 1.54) is 18.1 Å². The molecule has 0 spiro atoms. The van der Waals surface area contributed by atoms with E-state index >= 15 is 0 Å². The fraction of sp³-hybridized carbons (Fsp3) is 0.0769. The molecule has 0 bridgehead atoms. The third-order valence-corrected chi connectivity index (χ3v) is 4.01. The highest BCUT2D eigenvalue weighted by Crippen LogP contribution is 2.18. The Balaban J connectivity index is 1.60. The Hall–Kier alpha value is -1.93. The van der Waals surface area contributed by atoms with E-state index in [1.54, 1.807) is 4.52 Å². The first-order valence-corrected chi connectivity index (χ1v) is 7.84. The summed E-state index contributed by atoms with van der Waals surface area (Å²) in [5.74, 6) is 0.205. The molecule has 0 aliphatic rings. The molecule has 0 aliphatic carbocycles. The fourth-order valence-corrected chi connectivity index (χ4v) is 2.75. The molecule has 2 aromatic heterocycles. The topological polar surface area (TPSA) is 72.2 Å². The number of amides is 1. The van der Waals surface area contributed by atoms with Crippen LogP contribution in [0, 0.1) is 0 Å². The molecule has 3 aromatic rings. The van der Waals surface area contributed by atoms with Crippen molar-refractivity contribution in [2.75, 3.05) is 11.1 Å². The van der Waals surface area contributed by atoms with Crippen LogP contribution in [0.5, 0.6) is 0 Å². The molecule has 6 nitrogen and oxygen atoms in total. The third-order valence-electron chi connectivity index (χ3n) is 2.60. The van der Waals surface area contributed by atoms with E-state index in [1.807, 2.05) is 36.4 Å². The highest BCUT2D eigenvalue weighted by atomic mass is 79.9. The lowest BCUT2D eigenvalue weighted by atomic mass is 10.3. The van der Waals surface area contributed by atoms with Crippen molar-refractivity contribution in [1.82, 2.24) is 19.8 Å². The van der Waals surface area contributed by atoms with Gasteiger partial charge in [-0.3, -0.25) is 4.79 Å². The van der Waals surface area contributed by atoms with Gasteiger partial charge in [0, 0.05) is 10.2 Å². The van der Waals surface area contributed by atoms with Crippen LogP contribution in [0.25, 0.3) is 5.65 Å². The molecule has 106 valence electrons. The average Bonchev–Trinajstić information content (AvgIpc) is 2.92. The van der Waals surface area contributed by atoms with Gasteiger partial charge in [0.05, 0.1) is 5.75 Å². The number of anilines is 1. The number of thioether (sulfide) groups is 1. The molecule has 0 radical (unpaired) electrons. The molecule has 0 saturated heterocycles. The van der Waals surface area contributed by atoms with E-state index in [9.17, 15) is 4.79 Å². The first-order valence-electron chi connectivity index (χ1n) is 6.06. The van der Waals surface area contributed by atoms with Gasteiger partial charge in [0.2, 0.25) is 5.91 Å². The number of hydrogen-bond acceptors (Lipinski definition) is 5. The maximum absolute atomic E-state index is 11.9. The van der Waals surface area contributed by atoms with Gasteiger partial charge in [-0.2, -0.15) is 9.61 Å². The van der Waals surface area contributed by atoms with Crippen LogP contribution in [-0.2, 0) is 4.79 Å². The van der Waals surface area contributed by atoms with Crippen molar-refractivity contribution >= 4 is 44.9 Å². The van der Waals surface area contributed by atoms with Crippen LogP contribution in [0.15, 0.2) is 52.2 Å². The Morgan fingerprint density at radius 1 is 1.33 bits per heavy atom. The molecule has 8 heteroatoms. The van der Waals surface area contributed by atoms with Crippen molar-refractivity contribution in [2.45, 2.75) is 5.03 Å². The number of nitrogens with zero attached hydrogens (tertiary/aromatic N) is 4. The zero-order chi connectivity index (χ0) is 14.7. The van der Waals surface area contributed by atoms with Crippen LogP contribution in [-0.4, -0.2) is 31.5 Å². The molecule has 2 heterocycles. The summed E-state index contributed by atoms with van der Waals surface area (Å²) in [4.78, 5) is 11.9. The second-order valence-electron chi connectivity index (χ2n) is 4.15. The van der Waals surface area contributed by atoms with Crippen molar-refractivity contribution < 1.29 is 4.79 Å². The van der Waals surface area contributed by atoms with Crippen molar-refractivity contribution in [2.24, 2.45) is 0 Å². The Labute approximate surface area is 133 Å². The van der Waals surface area contributed by atoms with Gasteiger partial charge < -0.3 is 5.32 Å². The van der Waals surface area contributed by atoms with Gasteiger partial charge in [0.25, 0.3) is 0 Å². The van der Waals surface area contributed by atoms with Crippen molar-refractivity contribution in [3.8, 4) is 0 Å². The first kappa shape index (κ1) is 14.0. The van der Waals surface area contributed by atoms with Crippen LogP contribution in [0.3, 0.4) is 0 Å². The SMILES string of the molecule is O=C(CSc1ccc2nncn2n1)Nc1cccc(Br)c1. The molecule has 0 atom stereocenters. The summed E-state index contributed by atoms with van der Waals surface area (Å²) < 4.78 is 2.50. The summed E-state index contributed by atoms with van der Waals surface area (Å²) in [6.07, 6.45) is 1.53. The molecule has 0 unspecified atom stereocenters. The van der Waals surface area contributed by atoms with E-state index in [4.69, 9.17) is 0 Å². The third kappa shape index (κ3) is 3.59. The normalized spacial score (nSPS) is 10.7. The monoisotopic (exact) mass is 363 g/mol. The summed E-state index contributed by atoms with van der Waals surface area (Å²) in [7, 11) is 0. The lowest BCUT2D eigenvalue weighted by Gasteiger charge is -2.05. The Kier molecular flexibility index (Phi) is 4.16. The number of halogens is 1. The summed E-state index contributed by atoms with van der Waals surface area (Å²) in [6.45, 7) is 0. The van der Waals surface area contributed by atoms with Gasteiger partial charge in [-0.15, -0.1) is 10.2 Å². The largest absolute Gasteiger partial charge is 0.325 e. The molecule has 3 rings (SSSR count). The number of hydrogen-bond donors (Lipinski definition) is 1.